The highest BCUT2D eigenvalue weighted by Gasteiger charge is 1.90. The zero-order valence-electron chi connectivity index (χ0n) is 5.19. The third kappa shape index (κ3) is 2.03. The Morgan fingerprint density at radius 2 is 2.00 bits per heavy atom. The van der Waals surface area contributed by atoms with E-state index < -0.39 is 0 Å². The van der Waals surface area contributed by atoms with Gasteiger partial charge in [-0.1, -0.05) is 0 Å². The molecule has 0 unspecified atom stereocenters. The molecule has 6 heteroatoms. The Hall–Kier alpha value is -1.72. The first-order valence-corrected chi connectivity index (χ1v) is 2.29. The number of anilines is 2. The highest BCUT2D eigenvalue weighted by molar-refractivity contribution is 5.54. The predicted molar refractivity (Wildman–Crippen MR) is 35.8 cm³/mol. The van der Waals surface area contributed by atoms with Gasteiger partial charge in [-0.25, -0.2) is 0 Å². The van der Waals surface area contributed by atoms with Crippen LogP contribution in [0, 0.1) is 0 Å². The van der Waals surface area contributed by atoms with Crippen molar-refractivity contribution in [1.29, 1.82) is 0 Å². The fourth-order valence-electron chi connectivity index (χ4n) is 0.286. The van der Waals surface area contributed by atoms with Crippen LogP contribution in [-0.2, 0) is 4.79 Å². The average Bonchev–Trinajstić information content (AvgIpc) is 2.00. The molecule has 0 radical (unpaired) electrons. The summed E-state index contributed by atoms with van der Waals surface area (Å²) in [6.45, 7) is 2.00. The molecule has 6 nitrogen and oxygen atoms in total. The largest absolute Gasteiger partial charge is 0.394 e. The second-order valence-corrected chi connectivity index (χ2v) is 1.27. The van der Waals surface area contributed by atoms with E-state index >= 15 is 0 Å². The quantitative estimate of drug-likeness (QED) is 0.472. The van der Waals surface area contributed by atoms with E-state index in [1.54, 1.807) is 0 Å². The van der Waals surface area contributed by atoms with Gasteiger partial charge in [-0.2, -0.15) is 0 Å². The van der Waals surface area contributed by atoms with Crippen molar-refractivity contribution in [2.24, 2.45) is 0 Å². The van der Waals surface area contributed by atoms with Crippen LogP contribution in [0.1, 0.15) is 0 Å². The summed E-state index contributed by atoms with van der Waals surface area (Å²) in [6.07, 6.45) is 1.35. The lowest BCUT2D eigenvalue weighted by Gasteiger charge is -1.90. The number of carbonyl (C=O) groups excluding carboxylic acids is 1. The van der Waals surface area contributed by atoms with Crippen molar-refractivity contribution < 1.29 is 4.79 Å². The lowest BCUT2D eigenvalue weighted by molar-refractivity contribution is -0.0979. The van der Waals surface area contributed by atoms with Gasteiger partial charge in [-0.15, -0.1) is 10.2 Å². The number of rotatable bonds is 0. The second-order valence-electron chi connectivity index (χ2n) is 1.27. The number of hydrogen-bond acceptors (Lipinski definition) is 6. The number of hydrogen-bond donors (Lipinski definition) is 2. The Bertz CT molecular complexity index is 182. The maximum atomic E-state index is 8.00. The van der Waals surface area contributed by atoms with Crippen molar-refractivity contribution in [3.8, 4) is 0 Å². The van der Waals surface area contributed by atoms with E-state index in [0.29, 0.717) is 5.69 Å². The first-order valence-electron chi connectivity index (χ1n) is 2.29. The van der Waals surface area contributed by atoms with Gasteiger partial charge in [-0.3, -0.25) is 0 Å². The molecule has 0 saturated heterocycles. The molecule has 0 atom stereocenters. The van der Waals surface area contributed by atoms with Crippen LogP contribution in [0.3, 0.4) is 0 Å². The Labute approximate surface area is 57.2 Å². The topological polar surface area (TPSA) is 108 Å². The first kappa shape index (κ1) is 8.28. The van der Waals surface area contributed by atoms with E-state index in [2.05, 4.69) is 15.4 Å². The minimum absolute atomic E-state index is 0.222. The fourth-order valence-corrected chi connectivity index (χ4v) is 0.286. The molecule has 0 amide bonds. The smallest absolute Gasteiger partial charge is 0.172 e. The molecule has 0 aliphatic heterocycles. The Morgan fingerprint density at radius 3 is 2.30 bits per heavy atom. The summed E-state index contributed by atoms with van der Waals surface area (Å²) in [5, 5.41) is 9.99. The molecule has 1 aromatic heterocycles. The van der Waals surface area contributed by atoms with Crippen molar-refractivity contribution in [2.45, 2.75) is 0 Å². The molecule has 0 spiro atoms. The summed E-state index contributed by atoms with van der Waals surface area (Å²) in [4.78, 5) is 8.00. The molecule has 1 aromatic rings. The molecule has 4 N–H and O–H groups in total. The fraction of sp³-hybridized carbons (Fsp3) is 0. The van der Waals surface area contributed by atoms with Crippen molar-refractivity contribution in [3.05, 3.63) is 6.20 Å². The van der Waals surface area contributed by atoms with Crippen molar-refractivity contribution >= 4 is 18.3 Å². The van der Waals surface area contributed by atoms with Crippen LogP contribution >= 0.6 is 0 Å². The Morgan fingerprint density at radius 1 is 1.40 bits per heavy atom. The van der Waals surface area contributed by atoms with Crippen molar-refractivity contribution in [2.75, 3.05) is 11.5 Å². The molecular weight excluding hydrogens is 134 g/mol. The molecule has 10 heavy (non-hydrogen) atoms. The minimum atomic E-state index is 0.222. The maximum Gasteiger partial charge on any atom is 0.172 e. The van der Waals surface area contributed by atoms with E-state index in [0.717, 1.165) is 0 Å². The Kier molecular flexibility index (Phi) is 3.47. The van der Waals surface area contributed by atoms with Crippen LogP contribution in [0.15, 0.2) is 6.20 Å². The van der Waals surface area contributed by atoms with E-state index in [4.69, 9.17) is 16.3 Å². The highest BCUT2D eigenvalue weighted by Crippen LogP contribution is 2.02. The lowest BCUT2D eigenvalue weighted by atomic mass is 10.5. The molecule has 0 aliphatic rings. The SMILES string of the molecule is C=O.Nc1cnnnc1N. The standard InChI is InChI=1S/C3H5N5.CH2O/c4-2-1-6-8-7-3(2)5;1-2/h1H,(H2,4,8)(H2,5,6,7);1H2. The van der Waals surface area contributed by atoms with Gasteiger partial charge < -0.3 is 16.3 Å². The molecule has 1 rings (SSSR count). The molecule has 0 saturated carbocycles. The van der Waals surface area contributed by atoms with Gasteiger partial charge >= 0.3 is 0 Å². The number of aromatic nitrogens is 3. The molecular formula is C4H7N5O. The van der Waals surface area contributed by atoms with Gasteiger partial charge in [-0.05, 0) is 5.21 Å². The van der Waals surface area contributed by atoms with Crippen LogP contribution < -0.4 is 11.5 Å². The number of nitrogen functional groups attached to an aromatic ring is 2. The molecule has 0 aliphatic carbocycles. The third-order valence-electron chi connectivity index (χ3n) is 0.697. The third-order valence-corrected chi connectivity index (χ3v) is 0.697. The summed E-state index contributed by atoms with van der Waals surface area (Å²) in [5.74, 6) is 0.222. The lowest BCUT2D eigenvalue weighted by Crippen LogP contribution is -2.00. The summed E-state index contributed by atoms with van der Waals surface area (Å²) < 4.78 is 0. The summed E-state index contributed by atoms with van der Waals surface area (Å²) in [7, 11) is 0. The van der Waals surface area contributed by atoms with Crippen molar-refractivity contribution in [3.63, 3.8) is 0 Å². The van der Waals surface area contributed by atoms with Crippen LogP contribution in [0.2, 0.25) is 0 Å². The van der Waals surface area contributed by atoms with Gasteiger partial charge in [0, 0.05) is 0 Å². The second kappa shape index (κ2) is 4.19. The monoisotopic (exact) mass is 141 g/mol. The minimum Gasteiger partial charge on any atom is -0.394 e. The normalized spacial score (nSPS) is 7.60. The van der Waals surface area contributed by atoms with Gasteiger partial charge in [0.25, 0.3) is 0 Å². The summed E-state index contributed by atoms with van der Waals surface area (Å²) >= 11 is 0. The number of carbonyl (C=O) groups is 1. The average molecular weight is 141 g/mol. The van der Waals surface area contributed by atoms with Crippen LogP contribution in [0.5, 0.6) is 0 Å². The molecule has 0 fully saturated rings. The van der Waals surface area contributed by atoms with Crippen LogP contribution in [-0.4, -0.2) is 22.2 Å². The van der Waals surface area contributed by atoms with Gasteiger partial charge in [0.05, 0.1) is 11.9 Å². The van der Waals surface area contributed by atoms with E-state index in [9.17, 15) is 0 Å². The van der Waals surface area contributed by atoms with Crippen LogP contribution in [0.25, 0.3) is 0 Å². The van der Waals surface area contributed by atoms with E-state index in [1.807, 2.05) is 6.79 Å². The number of nitrogens with zero attached hydrogens (tertiary/aromatic N) is 3. The maximum absolute atomic E-state index is 8.00. The van der Waals surface area contributed by atoms with Gasteiger partial charge in [0.2, 0.25) is 0 Å². The van der Waals surface area contributed by atoms with Crippen LogP contribution in [0.4, 0.5) is 11.5 Å². The van der Waals surface area contributed by atoms with Crippen molar-refractivity contribution in [1.82, 2.24) is 15.4 Å². The van der Waals surface area contributed by atoms with E-state index in [1.165, 1.54) is 6.20 Å². The summed E-state index contributed by atoms with van der Waals surface area (Å²) in [6, 6.07) is 0. The number of nitrogens with two attached hydrogens (primary N) is 2. The molecule has 54 valence electrons. The predicted octanol–water partition coefficient (Wildman–Crippen LogP) is -1.15. The zero-order chi connectivity index (χ0) is 7.98. The Balaban J connectivity index is 0.000000371. The highest BCUT2D eigenvalue weighted by atomic mass is 16.1. The molecule has 0 aromatic carbocycles. The first-order chi connectivity index (χ1) is 4.80. The van der Waals surface area contributed by atoms with E-state index in [-0.39, 0.29) is 5.82 Å². The van der Waals surface area contributed by atoms with Gasteiger partial charge in [0.15, 0.2) is 5.82 Å². The zero-order valence-corrected chi connectivity index (χ0v) is 5.19. The molecule has 1 heterocycles. The molecule has 0 bridgehead atoms. The van der Waals surface area contributed by atoms with Gasteiger partial charge in [0.1, 0.15) is 6.79 Å². The summed E-state index contributed by atoms with van der Waals surface area (Å²) in [5.41, 5.74) is 10.8.